The lowest BCUT2D eigenvalue weighted by molar-refractivity contribution is -0.119. The van der Waals surface area contributed by atoms with Crippen molar-refractivity contribution in [3.05, 3.63) is 23.8 Å². The van der Waals surface area contributed by atoms with Crippen molar-refractivity contribution in [3.8, 4) is 0 Å². The third kappa shape index (κ3) is 3.82. The standard InChI is InChI=1S/C16H23N3O2/c1-11-4-5-13(8-14(11)18-12(2)20)19-15(21)9-16(10-17)6-3-7-16/h4-5,8H,3,6-7,9-10,17H2,1-2H3,(H,18,20)(H,19,21). The Hall–Kier alpha value is -1.88. The molecule has 5 nitrogen and oxygen atoms in total. The highest BCUT2D eigenvalue weighted by Crippen LogP contribution is 2.43. The first-order valence-corrected chi connectivity index (χ1v) is 7.32. The van der Waals surface area contributed by atoms with Crippen molar-refractivity contribution >= 4 is 23.2 Å². The summed E-state index contributed by atoms with van der Waals surface area (Å²) in [4.78, 5) is 23.3. The number of carbonyl (C=O) groups excluding carboxylic acids is 2. The minimum Gasteiger partial charge on any atom is -0.330 e. The average Bonchev–Trinajstić information content (AvgIpc) is 2.37. The van der Waals surface area contributed by atoms with Gasteiger partial charge in [0, 0.05) is 24.7 Å². The number of hydrogen-bond acceptors (Lipinski definition) is 3. The fraction of sp³-hybridized carbons (Fsp3) is 0.500. The normalized spacial score (nSPS) is 16.0. The van der Waals surface area contributed by atoms with E-state index in [2.05, 4.69) is 10.6 Å². The van der Waals surface area contributed by atoms with E-state index in [4.69, 9.17) is 5.73 Å². The van der Waals surface area contributed by atoms with Crippen LogP contribution < -0.4 is 16.4 Å². The number of rotatable bonds is 5. The Kier molecular flexibility index (Phi) is 4.63. The van der Waals surface area contributed by atoms with E-state index in [9.17, 15) is 9.59 Å². The van der Waals surface area contributed by atoms with Crippen molar-refractivity contribution in [1.82, 2.24) is 0 Å². The van der Waals surface area contributed by atoms with Crippen LogP contribution in [0.3, 0.4) is 0 Å². The summed E-state index contributed by atoms with van der Waals surface area (Å²) in [5, 5.41) is 5.65. The Labute approximate surface area is 125 Å². The molecule has 0 aromatic heterocycles. The average molecular weight is 289 g/mol. The van der Waals surface area contributed by atoms with Crippen LogP contribution in [-0.2, 0) is 9.59 Å². The van der Waals surface area contributed by atoms with Gasteiger partial charge in [0.1, 0.15) is 0 Å². The molecule has 0 atom stereocenters. The van der Waals surface area contributed by atoms with E-state index in [-0.39, 0.29) is 17.2 Å². The molecule has 1 aliphatic carbocycles. The Morgan fingerprint density at radius 2 is 2.00 bits per heavy atom. The maximum absolute atomic E-state index is 12.1. The van der Waals surface area contributed by atoms with E-state index in [1.54, 1.807) is 6.07 Å². The summed E-state index contributed by atoms with van der Waals surface area (Å²) in [5.74, 6) is -0.143. The Balaban J connectivity index is 2.02. The van der Waals surface area contributed by atoms with Gasteiger partial charge in [-0.15, -0.1) is 0 Å². The summed E-state index contributed by atoms with van der Waals surface area (Å²) in [6.07, 6.45) is 3.68. The fourth-order valence-electron chi connectivity index (χ4n) is 2.70. The number of benzene rings is 1. The van der Waals surface area contributed by atoms with E-state index in [0.717, 1.165) is 30.5 Å². The van der Waals surface area contributed by atoms with Crippen LogP contribution in [0.2, 0.25) is 0 Å². The second kappa shape index (κ2) is 6.26. The molecule has 1 aromatic carbocycles. The Bertz CT molecular complexity index is 545. The van der Waals surface area contributed by atoms with Crippen LogP contribution in [0.4, 0.5) is 11.4 Å². The van der Waals surface area contributed by atoms with Gasteiger partial charge in [-0.1, -0.05) is 12.5 Å². The largest absolute Gasteiger partial charge is 0.330 e. The van der Waals surface area contributed by atoms with Crippen LogP contribution in [-0.4, -0.2) is 18.4 Å². The number of nitrogens with one attached hydrogen (secondary N) is 2. The fourth-order valence-corrected chi connectivity index (χ4v) is 2.70. The van der Waals surface area contributed by atoms with Gasteiger partial charge in [-0.05, 0) is 49.4 Å². The van der Waals surface area contributed by atoms with E-state index in [0.29, 0.717) is 18.7 Å². The minimum absolute atomic E-state index is 0.00472. The zero-order chi connectivity index (χ0) is 15.5. The summed E-state index contributed by atoms with van der Waals surface area (Å²) < 4.78 is 0. The van der Waals surface area contributed by atoms with E-state index in [1.165, 1.54) is 6.92 Å². The third-order valence-electron chi connectivity index (χ3n) is 4.21. The predicted molar refractivity (Wildman–Crippen MR) is 84.1 cm³/mol. The van der Waals surface area contributed by atoms with Crippen LogP contribution in [0.5, 0.6) is 0 Å². The van der Waals surface area contributed by atoms with Crippen molar-refractivity contribution in [1.29, 1.82) is 0 Å². The lowest BCUT2D eigenvalue weighted by atomic mass is 9.66. The highest BCUT2D eigenvalue weighted by atomic mass is 16.2. The highest BCUT2D eigenvalue weighted by Gasteiger charge is 2.37. The first kappa shape index (κ1) is 15.5. The van der Waals surface area contributed by atoms with Crippen LogP contribution in [0.1, 0.15) is 38.2 Å². The molecule has 0 radical (unpaired) electrons. The number of amides is 2. The monoisotopic (exact) mass is 289 g/mol. The summed E-state index contributed by atoms with van der Waals surface area (Å²) in [6, 6.07) is 5.50. The predicted octanol–water partition coefficient (Wildman–Crippen LogP) is 2.41. The molecular weight excluding hydrogens is 266 g/mol. The van der Waals surface area contributed by atoms with Crippen molar-refractivity contribution in [2.45, 2.75) is 39.5 Å². The van der Waals surface area contributed by atoms with Gasteiger partial charge < -0.3 is 16.4 Å². The molecule has 5 heteroatoms. The molecule has 2 amide bonds. The summed E-state index contributed by atoms with van der Waals surface area (Å²) in [7, 11) is 0. The number of aryl methyl sites for hydroxylation is 1. The topological polar surface area (TPSA) is 84.2 Å². The quantitative estimate of drug-likeness (QED) is 0.778. The lowest BCUT2D eigenvalue weighted by Gasteiger charge is -2.40. The number of nitrogens with two attached hydrogens (primary N) is 1. The molecule has 2 rings (SSSR count). The maximum atomic E-state index is 12.1. The van der Waals surface area contributed by atoms with E-state index < -0.39 is 0 Å². The molecular formula is C16H23N3O2. The van der Waals surface area contributed by atoms with Crippen molar-refractivity contribution in [3.63, 3.8) is 0 Å². The number of carbonyl (C=O) groups is 2. The van der Waals surface area contributed by atoms with Gasteiger partial charge in [-0.25, -0.2) is 0 Å². The molecule has 21 heavy (non-hydrogen) atoms. The van der Waals surface area contributed by atoms with Crippen LogP contribution in [0, 0.1) is 12.3 Å². The smallest absolute Gasteiger partial charge is 0.224 e. The van der Waals surface area contributed by atoms with Crippen LogP contribution in [0.15, 0.2) is 18.2 Å². The zero-order valence-corrected chi connectivity index (χ0v) is 12.7. The van der Waals surface area contributed by atoms with Crippen molar-refractivity contribution < 1.29 is 9.59 Å². The summed E-state index contributed by atoms with van der Waals surface area (Å²) >= 11 is 0. The van der Waals surface area contributed by atoms with E-state index in [1.807, 2.05) is 19.1 Å². The second-order valence-electron chi connectivity index (χ2n) is 5.99. The van der Waals surface area contributed by atoms with Gasteiger partial charge in [0.05, 0.1) is 0 Å². The molecule has 0 heterocycles. The maximum Gasteiger partial charge on any atom is 0.224 e. The van der Waals surface area contributed by atoms with Gasteiger partial charge in [0.25, 0.3) is 0 Å². The first-order chi connectivity index (χ1) is 9.94. The molecule has 0 unspecified atom stereocenters. The van der Waals surface area contributed by atoms with Crippen LogP contribution in [0.25, 0.3) is 0 Å². The first-order valence-electron chi connectivity index (χ1n) is 7.32. The van der Waals surface area contributed by atoms with Crippen molar-refractivity contribution in [2.75, 3.05) is 17.2 Å². The summed E-state index contributed by atoms with van der Waals surface area (Å²) in [5.41, 5.74) is 8.15. The molecule has 1 fully saturated rings. The van der Waals surface area contributed by atoms with Gasteiger partial charge in [-0.2, -0.15) is 0 Å². The minimum atomic E-state index is -0.127. The Morgan fingerprint density at radius 1 is 1.29 bits per heavy atom. The molecule has 4 N–H and O–H groups in total. The molecule has 0 aliphatic heterocycles. The molecule has 1 aromatic rings. The molecule has 0 spiro atoms. The second-order valence-corrected chi connectivity index (χ2v) is 5.99. The SMILES string of the molecule is CC(=O)Nc1cc(NC(=O)CC2(CN)CCC2)ccc1C. The van der Waals surface area contributed by atoms with Gasteiger partial charge in [0.15, 0.2) is 0 Å². The third-order valence-corrected chi connectivity index (χ3v) is 4.21. The lowest BCUT2D eigenvalue weighted by Crippen LogP contribution is -2.40. The van der Waals surface area contributed by atoms with Crippen molar-refractivity contribution in [2.24, 2.45) is 11.1 Å². The highest BCUT2D eigenvalue weighted by molar-refractivity contribution is 5.94. The molecule has 0 bridgehead atoms. The number of anilines is 2. The molecule has 1 saturated carbocycles. The van der Waals surface area contributed by atoms with Gasteiger partial charge >= 0.3 is 0 Å². The van der Waals surface area contributed by atoms with Gasteiger partial charge in [-0.3, -0.25) is 9.59 Å². The van der Waals surface area contributed by atoms with Crippen LogP contribution >= 0.6 is 0 Å². The van der Waals surface area contributed by atoms with Gasteiger partial charge in [0.2, 0.25) is 11.8 Å². The van der Waals surface area contributed by atoms with E-state index >= 15 is 0 Å². The number of hydrogen-bond donors (Lipinski definition) is 3. The zero-order valence-electron chi connectivity index (χ0n) is 12.7. The Morgan fingerprint density at radius 3 is 2.52 bits per heavy atom. The molecule has 0 saturated heterocycles. The summed E-state index contributed by atoms with van der Waals surface area (Å²) in [6.45, 7) is 3.94. The molecule has 114 valence electrons. The molecule has 1 aliphatic rings.